The number of rotatable bonds is 8. The van der Waals surface area contributed by atoms with Crippen molar-refractivity contribution in [3.05, 3.63) is 35.4 Å². The molecule has 0 unspecified atom stereocenters. The standard InChI is InChI=1S/C19H31N3O2/c1-6-14(5)21-19(24)22-17(23)12-20-18(13(3)4)16-10-8-15(7-2)9-11-16/h8-11,13-14,18,20H,6-7,12H2,1-5H3,(H2,21,22,23,24)/t14-,18-/m0/s1. The number of hydrogen-bond acceptors (Lipinski definition) is 3. The predicted molar refractivity (Wildman–Crippen MR) is 97.8 cm³/mol. The summed E-state index contributed by atoms with van der Waals surface area (Å²) in [4.78, 5) is 23.6. The van der Waals surface area contributed by atoms with E-state index in [-0.39, 0.29) is 24.5 Å². The van der Waals surface area contributed by atoms with Crippen molar-refractivity contribution in [2.45, 2.75) is 59.5 Å². The molecule has 24 heavy (non-hydrogen) atoms. The van der Waals surface area contributed by atoms with Crippen LogP contribution in [0, 0.1) is 5.92 Å². The fourth-order valence-corrected chi connectivity index (χ4v) is 2.43. The van der Waals surface area contributed by atoms with E-state index >= 15 is 0 Å². The van der Waals surface area contributed by atoms with E-state index in [1.165, 1.54) is 5.56 Å². The summed E-state index contributed by atoms with van der Waals surface area (Å²) < 4.78 is 0. The molecule has 5 nitrogen and oxygen atoms in total. The lowest BCUT2D eigenvalue weighted by atomic mass is 9.95. The summed E-state index contributed by atoms with van der Waals surface area (Å²) in [6.45, 7) is 10.3. The quantitative estimate of drug-likeness (QED) is 0.684. The SMILES string of the molecule is CCc1ccc([C@@H](NCC(=O)NC(=O)N[C@@H](C)CC)C(C)C)cc1. The minimum atomic E-state index is -0.440. The van der Waals surface area contributed by atoms with Crippen molar-refractivity contribution in [3.63, 3.8) is 0 Å². The Morgan fingerprint density at radius 1 is 1.04 bits per heavy atom. The number of nitrogens with one attached hydrogen (secondary N) is 3. The summed E-state index contributed by atoms with van der Waals surface area (Å²) in [6, 6.07) is 8.11. The van der Waals surface area contributed by atoms with Crippen LogP contribution in [0.25, 0.3) is 0 Å². The molecule has 0 fully saturated rings. The first-order valence-corrected chi connectivity index (χ1v) is 8.79. The first kappa shape index (κ1) is 20.2. The van der Waals surface area contributed by atoms with Crippen LogP contribution in [0.2, 0.25) is 0 Å². The van der Waals surface area contributed by atoms with E-state index in [1.807, 2.05) is 13.8 Å². The lowest BCUT2D eigenvalue weighted by Crippen LogP contribution is -2.46. The number of carbonyl (C=O) groups is 2. The lowest BCUT2D eigenvalue weighted by molar-refractivity contribution is -0.119. The van der Waals surface area contributed by atoms with Gasteiger partial charge in [-0.25, -0.2) is 4.79 Å². The highest BCUT2D eigenvalue weighted by atomic mass is 16.2. The lowest BCUT2D eigenvalue weighted by Gasteiger charge is -2.23. The first-order chi connectivity index (χ1) is 11.4. The molecule has 0 aliphatic rings. The van der Waals surface area contributed by atoms with Gasteiger partial charge < -0.3 is 10.6 Å². The van der Waals surface area contributed by atoms with Gasteiger partial charge >= 0.3 is 6.03 Å². The van der Waals surface area contributed by atoms with Crippen molar-refractivity contribution in [1.29, 1.82) is 0 Å². The van der Waals surface area contributed by atoms with E-state index in [9.17, 15) is 9.59 Å². The van der Waals surface area contributed by atoms with E-state index in [0.717, 1.165) is 18.4 Å². The van der Waals surface area contributed by atoms with Crippen molar-refractivity contribution in [2.24, 2.45) is 5.92 Å². The van der Waals surface area contributed by atoms with E-state index in [0.29, 0.717) is 5.92 Å². The third-order valence-electron chi connectivity index (χ3n) is 4.14. The second kappa shape index (κ2) is 10.1. The van der Waals surface area contributed by atoms with E-state index in [2.05, 4.69) is 61.0 Å². The fourth-order valence-electron chi connectivity index (χ4n) is 2.43. The second-order valence-corrected chi connectivity index (χ2v) is 6.53. The maximum atomic E-state index is 11.9. The van der Waals surface area contributed by atoms with Gasteiger partial charge in [0.2, 0.25) is 5.91 Å². The minimum Gasteiger partial charge on any atom is -0.335 e. The van der Waals surface area contributed by atoms with Gasteiger partial charge in [-0.2, -0.15) is 0 Å². The Labute approximate surface area is 145 Å². The molecule has 0 aliphatic carbocycles. The highest BCUT2D eigenvalue weighted by Crippen LogP contribution is 2.21. The normalized spacial score (nSPS) is 13.4. The summed E-state index contributed by atoms with van der Waals surface area (Å²) in [5.41, 5.74) is 2.44. The zero-order valence-electron chi connectivity index (χ0n) is 15.5. The number of carbonyl (C=O) groups excluding carboxylic acids is 2. The summed E-state index contributed by atoms with van der Waals surface area (Å²) in [7, 11) is 0. The van der Waals surface area contributed by atoms with Gasteiger partial charge in [0.15, 0.2) is 0 Å². The van der Waals surface area contributed by atoms with E-state index in [1.54, 1.807) is 0 Å². The van der Waals surface area contributed by atoms with Gasteiger partial charge in [0.1, 0.15) is 0 Å². The van der Waals surface area contributed by atoms with Crippen LogP contribution in [-0.2, 0) is 11.2 Å². The average molecular weight is 333 g/mol. The third-order valence-corrected chi connectivity index (χ3v) is 4.14. The molecule has 1 rings (SSSR count). The van der Waals surface area contributed by atoms with Crippen LogP contribution >= 0.6 is 0 Å². The molecule has 0 heterocycles. The molecule has 2 atom stereocenters. The minimum absolute atomic E-state index is 0.0475. The van der Waals surface area contributed by atoms with Crippen LogP contribution in [0.5, 0.6) is 0 Å². The van der Waals surface area contributed by atoms with Crippen LogP contribution in [0.15, 0.2) is 24.3 Å². The molecule has 0 spiro atoms. The van der Waals surface area contributed by atoms with Gasteiger partial charge in [0.05, 0.1) is 6.54 Å². The Hall–Kier alpha value is -1.88. The number of imide groups is 1. The van der Waals surface area contributed by atoms with Crippen molar-refractivity contribution in [2.75, 3.05) is 6.54 Å². The number of amides is 3. The summed E-state index contributed by atoms with van der Waals surface area (Å²) in [6.07, 6.45) is 1.83. The molecule has 1 aromatic carbocycles. The summed E-state index contributed by atoms with van der Waals surface area (Å²) in [5, 5.41) is 8.33. The van der Waals surface area contributed by atoms with Gasteiger partial charge in [0.25, 0.3) is 0 Å². The highest BCUT2D eigenvalue weighted by molar-refractivity contribution is 5.95. The maximum Gasteiger partial charge on any atom is 0.321 e. The number of aryl methyl sites for hydroxylation is 1. The monoisotopic (exact) mass is 333 g/mol. The Balaban J connectivity index is 2.56. The van der Waals surface area contributed by atoms with E-state index in [4.69, 9.17) is 0 Å². The Morgan fingerprint density at radius 3 is 2.17 bits per heavy atom. The van der Waals surface area contributed by atoms with Crippen LogP contribution < -0.4 is 16.0 Å². The van der Waals surface area contributed by atoms with Crippen LogP contribution in [0.1, 0.15) is 58.2 Å². The van der Waals surface area contributed by atoms with Crippen LogP contribution in [-0.4, -0.2) is 24.5 Å². The maximum absolute atomic E-state index is 11.9. The van der Waals surface area contributed by atoms with Gasteiger partial charge in [-0.1, -0.05) is 52.0 Å². The Morgan fingerprint density at radius 2 is 1.67 bits per heavy atom. The molecule has 3 amide bonds. The molecule has 0 saturated carbocycles. The van der Waals surface area contributed by atoms with Gasteiger partial charge in [0, 0.05) is 12.1 Å². The summed E-state index contributed by atoms with van der Waals surface area (Å²) in [5.74, 6) is 0.00541. The topological polar surface area (TPSA) is 70.2 Å². The number of hydrogen-bond donors (Lipinski definition) is 3. The Bertz CT molecular complexity index is 526. The molecule has 5 heteroatoms. The molecule has 0 saturated heterocycles. The molecule has 3 N–H and O–H groups in total. The predicted octanol–water partition coefficient (Wildman–Crippen LogP) is 3.16. The molecule has 0 aliphatic heterocycles. The zero-order chi connectivity index (χ0) is 18.1. The highest BCUT2D eigenvalue weighted by Gasteiger charge is 2.17. The van der Waals surface area contributed by atoms with Crippen molar-refractivity contribution in [3.8, 4) is 0 Å². The van der Waals surface area contributed by atoms with Crippen LogP contribution in [0.3, 0.4) is 0 Å². The number of urea groups is 1. The van der Waals surface area contributed by atoms with Gasteiger partial charge in [-0.05, 0) is 36.8 Å². The summed E-state index contributed by atoms with van der Waals surface area (Å²) >= 11 is 0. The Kier molecular flexibility index (Phi) is 8.47. The van der Waals surface area contributed by atoms with E-state index < -0.39 is 6.03 Å². The molecule has 0 radical (unpaired) electrons. The third kappa shape index (κ3) is 6.71. The van der Waals surface area contributed by atoms with Crippen molar-refractivity contribution < 1.29 is 9.59 Å². The average Bonchev–Trinajstić information content (AvgIpc) is 2.54. The largest absolute Gasteiger partial charge is 0.335 e. The molecule has 0 aromatic heterocycles. The molecule has 134 valence electrons. The molecule has 1 aromatic rings. The van der Waals surface area contributed by atoms with Crippen molar-refractivity contribution in [1.82, 2.24) is 16.0 Å². The van der Waals surface area contributed by atoms with Gasteiger partial charge in [-0.15, -0.1) is 0 Å². The van der Waals surface area contributed by atoms with Gasteiger partial charge in [-0.3, -0.25) is 10.1 Å². The molecular weight excluding hydrogens is 302 g/mol. The number of benzene rings is 1. The first-order valence-electron chi connectivity index (χ1n) is 8.79. The molecular formula is C19H31N3O2. The molecule has 0 bridgehead atoms. The smallest absolute Gasteiger partial charge is 0.321 e. The van der Waals surface area contributed by atoms with Crippen molar-refractivity contribution >= 4 is 11.9 Å². The zero-order valence-corrected chi connectivity index (χ0v) is 15.5. The fraction of sp³-hybridized carbons (Fsp3) is 0.579. The van der Waals surface area contributed by atoms with Crippen LogP contribution in [0.4, 0.5) is 4.79 Å². The second-order valence-electron chi connectivity index (χ2n) is 6.53.